The van der Waals surface area contributed by atoms with Gasteiger partial charge in [-0.25, -0.2) is 4.39 Å². The molecule has 0 radical (unpaired) electrons. The molecule has 1 heterocycles. The van der Waals surface area contributed by atoms with Gasteiger partial charge in [0, 0.05) is 10.4 Å². The largest absolute Gasteiger partial charge is 0.505 e. The fourth-order valence-corrected chi connectivity index (χ4v) is 2.49. The van der Waals surface area contributed by atoms with Crippen molar-refractivity contribution in [2.24, 2.45) is 5.73 Å². The lowest BCUT2D eigenvalue weighted by molar-refractivity contribution is 0.422. The SMILES string of the molecule is N[C@@H](c1cccs1)c1ccc(Br)c(F)c1O. The van der Waals surface area contributed by atoms with Gasteiger partial charge in [0.1, 0.15) is 0 Å². The van der Waals surface area contributed by atoms with Crippen LogP contribution in [0.1, 0.15) is 16.5 Å². The average molecular weight is 302 g/mol. The normalized spacial score (nSPS) is 12.7. The number of thiophene rings is 1. The molecule has 2 nitrogen and oxygen atoms in total. The van der Waals surface area contributed by atoms with Gasteiger partial charge in [-0.15, -0.1) is 11.3 Å². The zero-order valence-electron chi connectivity index (χ0n) is 8.15. The number of rotatable bonds is 2. The number of hydrogen-bond acceptors (Lipinski definition) is 3. The first kappa shape index (κ1) is 11.6. The minimum Gasteiger partial charge on any atom is -0.505 e. The molecule has 1 atom stereocenters. The monoisotopic (exact) mass is 301 g/mol. The fraction of sp³-hybridized carbons (Fsp3) is 0.0909. The smallest absolute Gasteiger partial charge is 0.179 e. The predicted molar refractivity (Wildman–Crippen MR) is 66.1 cm³/mol. The summed E-state index contributed by atoms with van der Waals surface area (Å²) in [4.78, 5) is 0.886. The Kier molecular flexibility index (Phi) is 3.28. The molecule has 5 heteroatoms. The van der Waals surface area contributed by atoms with E-state index in [1.165, 1.54) is 17.4 Å². The molecule has 0 spiro atoms. The first-order chi connectivity index (χ1) is 7.61. The summed E-state index contributed by atoms with van der Waals surface area (Å²) in [6.45, 7) is 0. The summed E-state index contributed by atoms with van der Waals surface area (Å²) >= 11 is 4.48. The van der Waals surface area contributed by atoms with Gasteiger partial charge in [-0.3, -0.25) is 0 Å². The van der Waals surface area contributed by atoms with E-state index in [9.17, 15) is 9.50 Å². The van der Waals surface area contributed by atoms with Crippen molar-refractivity contribution in [3.63, 3.8) is 0 Å². The molecule has 0 amide bonds. The zero-order valence-corrected chi connectivity index (χ0v) is 10.6. The molecule has 0 aliphatic rings. The van der Waals surface area contributed by atoms with Gasteiger partial charge >= 0.3 is 0 Å². The van der Waals surface area contributed by atoms with E-state index >= 15 is 0 Å². The van der Waals surface area contributed by atoms with Gasteiger partial charge in [-0.1, -0.05) is 12.1 Å². The van der Waals surface area contributed by atoms with E-state index in [-0.39, 0.29) is 4.47 Å². The molecular weight excluding hydrogens is 293 g/mol. The number of aromatic hydroxyl groups is 1. The van der Waals surface area contributed by atoms with E-state index in [2.05, 4.69) is 15.9 Å². The maximum absolute atomic E-state index is 13.4. The van der Waals surface area contributed by atoms with Gasteiger partial charge in [0.2, 0.25) is 0 Å². The number of hydrogen-bond donors (Lipinski definition) is 2. The summed E-state index contributed by atoms with van der Waals surface area (Å²) < 4.78 is 13.7. The number of phenols is 1. The first-order valence-electron chi connectivity index (χ1n) is 4.57. The summed E-state index contributed by atoms with van der Waals surface area (Å²) in [5, 5.41) is 11.6. The Morgan fingerprint density at radius 3 is 2.75 bits per heavy atom. The quantitative estimate of drug-likeness (QED) is 0.893. The molecular formula is C11H9BrFNOS. The van der Waals surface area contributed by atoms with E-state index in [0.29, 0.717) is 5.56 Å². The Hall–Kier alpha value is -0.910. The van der Waals surface area contributed by atoms with Crippen LogP contribution in [0.5, 0.6) is 5.75 Å². The molecule has 0 bridgehead atoms. The summed E-state index contributed by atoms with van der Waals surface area (Å²) in [6.07, 6.45) is 0. The lowest BCUT2D eigenvalue weighted by Crippen LogP contribution is -2.10. The van der Waals surface area contributed by atoms with Gasteiger partial charge in [0.15, 0.2) is 11.6 Å². The average Bonchev–Trinajstić information content (AvgIpc) is 2.79. The maximum atomic E-state index is 13.4. The molecule has 0 saturated carbocycles. The van der Waals surface area contributed by atoms with Crippen LogP contribution in [0.4, 0.5) is 4.39 Å². The van der Waals surface area contributed by atoms with Crippen LogP contribution in [-0.4, -0.2) is 5.11 Å². The van der Waals surface area contributed by atoms with E-state index < -0.39 is 17.6 Å². The molecule has 1 aromatic heterocycles. The van der Waals surface area contributed by atoms with Crippen LogP contribution in [0.2, 0.25) is 0 Å². The van der Waals surface area contributed by atoms with Crippen molar-refractivity contribution in [2.45, 2.75) is 6.04 Å². The van der Waals surface area contributed by atoms with Gasteiger partial charge < -0.3 is 10.8 Å². The molecule has 84 valence electrons. The topological polar surface area (TPSA) is 46.2 Å². The van der Waals surface area contributed by atoms with Crippen LogP contribution in [0, 0.1) is 5.82 Å². The lowest BCUT2D eigenvalue weighted by Gasteiger charge is -2.12. The Labute approximate surface area is 105 Å². The third kappa shape index (κ3) is 1.98. The van der Waals surface area contributed by atoms with Crippen molar-refractivity contribution in [2.75, 3.05) is 0 Å². The number of phenolic OH excluding ortho intramolecular Hbond substituents is 1. The zero-order chi connectivity index (χ0) is 11.7. The molecule has 0 saturated heterocycles. The van der Waals surface area contributed by atoms with Gasteiger partial charge in [-0.2, -0.15) is 0 Å². The Morgan fingerprint density at radius 2 is 2.12 bits per heavy atom. The second-order valence-corrected chi connectivity index (χ2v) is 5.13. The van der Waals surface area contributed by atoms with E-state index in [0.717, 1.165) is 4.88 Å². The molecule has 2 rings (SSSR count). The molecule has 0 aliphatic carbocycles. The highest BCUT2D eigenvalue weighted by Crippen LogP contribution is 2.34. The van der Waals surface area contributed by atoms with E-state index in [1.54, 1.807) is 6.07 Å². The Bertz CT molecular complexity index is 501. The van der Waals surface area contributed by atoms with Gasteiger partial charge in [-0.05, 0) is 33.4 Å². The molecule has 1 aromatic carbocycles. The molecule has 0 fully saturated rings. The number of nitrogens with two attached hydrogens (primary N) is 1. The fourth-order valence-electron chi connectivity index (χ4n) is 1.43. The second-order valence-electron chi connectivity index (χ2n) is 3.29. The lowest BCUT2D eigenvalue weighted by atomic mass is 10.1. The summed E-state index contributed by atoms with van der Waals surface area (Å²) in [7, 11) is 0. The third-order valence-electron chi connectivity index (χ3n) is 2.29. The molecule has 0 unspecified atom stereocenters. The summed E-state index contributed by atoms with van der Waals surface area (Å²) in [5.41, 5.74) is 6.34. The predicted octanol–water partition coefficient (Wildman–Crippen LogP) is 3.40. The van der Waals surface area contributed by atoms with Gasteiger partial charge in [0.25, 0.3) is 0 Å². The van der Waals surface area contributed by atoms with Crippen LogP contribution < -0.4 is 5.73 Å². The Balaban J connectivity index is 2.45. The molecule has 2 aromatic rings. The summed E-state index contributed by atoms with van der Waals surface area (Å²) in [5.74, 6) is -1.07. The van der Waals surface area contributed by atoms with Crippen molar-refractivity contribution in [3.05, 3.63) is 50.4 Å². The van der Waals surface area contributed by atoms with E-state index in [4.69, 9.17) is 5.73 Å². The van der Waals surface area contributed by atoms with Crippen LogP contribution in [-0.2, 0) is 0 Å². The third-order valence-corrected chi connectivity index (χ3v) is 3.85. The van der Waals surface area contributed by atoms with Crippen molar-refractivity contribution < 1.29 is 9.50 Å². The number of halogens is 2. The van der Waals surface area contributed by atoms with Crippen LogP contribution in [0.15, 0.2) is 34.1 Å². The minimum atomic E-state index is -0.676. The van der Waals surface area contributed by atoms with E-state index in [1.807, 2.05) is 17.5 Å². The van der Waals surface area contributed by atoms with Crippen molar-refractivity contribution in [3.8, 4) is 5.75 Å². The highest BCUT2D eigenvalue weighted by molar-refractivity contribution is 9.10. The summed E-state index contributed by atoms with van der Waals surface area (Å²) in [6, 6.07) is 6.38. The minimum absolute atomic E-state index is 0.229. The van der Waals surface area contributed by atoms with Crippen molar-refractivity contribution in [1.29, 1.82) is 0 Å². The standard InChI is InChI=1S/C11H9BrFNOS/c12-7-4-3-6(11(15)9(7)13)10(14)8-2-1-5-16-8/h1-5,10,15H,14H2/t10-/m1/s1. The van der Waals surface area contributed by atoms with Crippen LogP contribution in [0.25, 0.3) is 0 Å². The van der Waals surface area contributed by atoms with Crippen molar-refractivity contribution in [1.82, 2.24) is 0 Å². The van der Waals surface area contributed by atoms with Crippen LogP contribution >= 0.6 is 27.3 Å². The van der Waals surface area contributed by atoms with Gasteiger partial charge in [0.05, 0.1) is 10.5 Å². The highest BCUT2D eigenvalue weighted by Gasteiger charge is 2.18. The number of benzene rings is 1. The molecule has 16 heavy (non-hydrogen) atoms. The highest BCUT2D eigenvalue weighted by atomic mass is 79.9. The van der Waals surface area contributed by atoms with Crippen molar-refractivity contribution >= 4 is 27.3 Å². The second kappa shape index (κ2) is 4.53. The molecule has 0 aliphatic heterocycles. The molecule has 3 N–H and O–H groups in total. The maximum Gasteiger partial charge on any atom is 0.179 e. The Morgan fingerprint density at radius 1 is 1.38 bits per heavy atom. The van der Waals surface area contributed by atoms with Crippen LogP contribution in [0.3, 0.4) is 0 Å². The first-order valence-corrected chi connectivity index (χ1v) is 6.24.